The van der Waals surface area contributed by atoms with Gasteiger partial charge in [-0.3, -0.25) is 0 Å². The highest BCUT2D eigenvalue weighted by Crippen LogP contribution is 2.34. The summed E-state index contributed by atoms with van der Waals surface area (Å²) < 4.78 is 2.25. The average molecular weight is 436 g/mol. The Morgan fingerprint density at radius 1 is 1.17 bits per heavy atom. The first-order chi connectivity index (χ1) is 8.61. The van der Waals surface area contributed by atoms with Crippen LogP contribution in [0.5, 0.6) is 0 Å². The Labute approximate surface area is 135 Å². The zero-order valence-electron chi connectivity index (χ0n) is 9.96. The van der Waals surface area contributed by atoms with Crippen LogP contribution in [0.1, 0.15) is 29.0 Å². The van der Waals surface area contributed by atoms with E-state index in [1.807, 2.05) is 6.07 Å². The molecule has 0 nitrogen and oxygen atoms in total. The minimum absolute atomic E-state index is 0.111. The summed E-state index contributed by atoms with van der Waals surface area (Å²) in [6, 6.07) is 14.8. The summed E-state index contributed by atoms with van der Waals surface area (Å²) in [6.45, 7) is 2.16. The van der Waals surface area contributed by atoms with Gasteiger partial charge >= 0.3 is 0 Å². The summed E-state index contributed by atoms with van der Waals surface area (Å²) >= 11 is 12.4. The zero-order chi connectivity index (χ0) is 13.1. The highest BCUT2D eigenvalue weighted by atomic mass is 127. The maximum absolute atomic E-state index is 6.57. The normalized spacial score (nSPS) is 12.4. The van der Waals surface area contributed by atoms with Crippen molar-refractivity contribution < 1.29 is 0 Å². The van der Waals surface area contributed by atoms with E-state index in [1.165, 1.54) is 9.13 Å². The van der Waals surface area contributed by atoms with Crippen molar-refractivity contribution in [3.63, 3.8) is 0 Å². The van der Waals surface area contributed by atoms with Crippen LogP contribution >= 0.6 is 50.1 Å². The van der Waals surface area contributed by atoms with E-state index in [0.717, 1.165) is 22.0 Å². The fraction of sp³-hybridized carbons (Fsp3) is 0.200. The Kier molecular flexibility index (Phi) is 5.10. The van der Waals surface area contributed by atoms with Crippen molar-refractivity contribution in [2.24, 2.45) is 0 Å². The highest BCUT2D eigenvalue weighted by Gasteiger charge is 2.14. The first-order valence-electron chi connectivity index (χ1n) is 5.79. The van der Waals surface area contributed by atoms with Gasteiger partial charge in [0.05, 0.1) is 5.38 Å². The molecule has 0 radical (unpaired) electrons. The summed E-state index contributed by atoms with van der Waals surface area (Å²) in [5, 5.41) is -0.111. The van der Waals surface area contributed by atoms with Gasteiger partial charge in [-0.2, -0.15) is 0 Å². The first kappa shape index (κ1) is 14.4. The minimum Gasteiger partial charge on any atom is -0.113 e. The maximum Gasteiger partial charge on any atom is 0.0846 e. The van der Waals surface area contributed by atoms with Crippen LogP contribution in [0, 0.1) is 3.57 Å². The standard InChI is InChI=1S/C15H13BrClI/c1-2-10-3-5-11(6-4-10)15(17)13-9-12(18)7-8-14(13)16/h3-9,15H,2H2,1H3. The Hall–Kier alpha value is -0.0600. The van der Waals surface area contributed by atoms with Gasteiger partial charge in [-0.25, -0.2) is 0 Å². The molecule has 0 aliphatic heterocycles. The van der Waals surface area contributed by atoms with Gasteiger partial charge in [0.15, 0.2) is 0 Å². The molecule has 0 fully saturated rings. The second-order valence-corrected chi connectivity index (χ2v) is 6.66. The van der Waals surface area contributed by atoms with Crippen molar-refractivity contribution in [3.8, 4) is 0 Å². The summed E-state index contributed by atoms with van der Waals surface area (Å²) in [4.78, 5) is 0. The molecule has 0 bridgehead atoms. The SMILES string of the molecule is CCc1ccc(C(Cl)c2cc(I)ccc2Br)cc1. The van der Waals surface area contributed by atoms with E-state index in [1.54, 1.807) is 0 Å². The molecule has 0 N–H and O–H groups in total. The van der Waals surface area contributed by atoms with Crippen LogP contribution in [-0.4, -0.2) is 0 Å². The van der Waals surface area contributed by atoms with Crippen LogP contribution in [0.4, 0.5) is 0 Å². The molecule has 0 aliphatic rings. The van der Waals surface area contributed by atoms with Gasteiger partial charge in [0.25, 0.3) is 0 Å². The molecule has 94 valence electrons. The predicted octanol–water partition coefficient (Wildman–Crippen LogP) is 5.94. The van der Waals surface area contributed by atoms with Gasteiger partial charge in [-0.05, 0) is 63.9 Å². The number of halogens is 3. The second kappa shape index (κ2) is 6.40. The van der Waals surface area contributed by atoms with E-state index in [0.29, 0.717) is 0 Å². The third-order valence-electron chi connectivity index (χ3n) is 2.91. The molecule has 0 spiro atoms. The van der Waals surface area contributed by atoms with Gasteiger partial charge in [0, 0.05) is 8.04 Å². The molecule has 18 heavy (non-hydrogen) atoms. The van der Waals surface area contributed by atoms with Crippen molar-refractivity contribution in [1.82, 2.24) is 0 Å². The van der Waals surface area contributed by atoms with Crippen LogP contribution in [0.25, 0.3) is 0 Å². The van der Waals surface area contributed by atoms with E-state index in [2.05, 4.69) is 81.8 Å². The lowest BCUT2D eigenvalue weighted by molar-refractivity contribution is 1.09. The Balaban J connectivity index is 2.34. The van der Waals surface area contributed by atoms with Gasteiger partial charge < -0.3 is 0 Å². The number of alkyl halides is 1. The molecule has 1 unspecified atom stereocenters. The number of benzene rings is 2. The fourth-order valence-corrected chi connectivity index (χ4v) is 3.26. The van der Waals surface area contributed by atoms with E-state index < -0.39 is 0 Å². The lowest BCUT2D eigenvalue weighted by Crippen LogP contribution is -1.95. The zero-order valence-corrected chi connectivity index (χ0v) is 14.5. The van der Waals surface area contributed by atoms with E-state index in [4.69, 9.17) is 11.6 Å². The summed E-state index contributed by atoms with van der Waals surface area (Å²) in [7, 11) is 0. The molecule has 1 atom stereocenters. The smallest absolute Gasteiger partial charge is 0.0846 e. The van der Waals surface area contributed by atoms with Gasteiger partial charge in [0.1, 0.15) is 0 Å². The van der Waals surface area contributed by atoms with Crippen molar-refractivity contribution in [3.05, 3.63) is 67.2 Å². The molecule has 3 heteroatoms. The molecule has 0 aliphatic carbocycles. The van der Waals surface area contributed by atoms with Crippen molar-refractivity contribution in [1.29, 1.82) is 0 Å². The third-order valence-corrected chi connectivity index (χ3v) is 4.79. The number of aryl methyl sites for hydroxylation is 1. The molecule has 0 amide bonds. The summed E-state index contributed by atoms with van der Waals surface area (Å²) in [5.41, 5.74) is 3.59. The van der Waals surface area contributed by atoms with Crippen molar-refractivity contribution in [2.45, 2.75) is 18.7 Å². The lowest BCUT2D eigenvalue weighted by Gasteiger charge is -2.13. The largest absolute Gasteiger partial charge is 0.113 e. The van der Waals surface area contributed by atoms with E-state index >= 15 is 0 Å². The minimum atomic E-state index is -0.111. The second-order valence-electron chi connectivity index (χ2n) is 4.12. The number of hydrogen-bond donors (Lipinski definition) is 0. The van der Waals surface area contributed by atoms with Crippen LogP contribution in [0.3, 0.4) is 0 Å². The molecule has 0 saturated heterocycles. The summed E-state index contributed by atoms with van der Waals surface area (Å²) in [5.74, 6) is 0. The molecule has 2 aromatic rings. The predicted molar refractivity (Wildman–Crippen MR) is 90.4 cm³/mol. The van der Waals surface area contributed by atoms with Crippen molar-refractivity contribution >= 4 is 50.1 Å². The molecule has 0 saturated carbocycles. The molecular formula is C15H13BrClI. The Bertz CT molecular complexity index is 537. The molecule has 2 aromatic carbocycles. The average Bonchev–Trinajstić information content (AvgIpc) is 2.41. The molecular weight excluding hydrogens is 422 g/mol. The fourth-order valence-electron chi connectivity index (χ4n) is 1.81. The molecule has 0 aromatic heterocycles. The van der Waals surface area contributed by atoms with Crippen LogP contribution < -0.4 is 0 Å². The van der Waals surface area contributed by atoms with E-state index in [9.17, 15) is 0 Å². The molecule has 0 heterocycles. The molecule has 2 rings (SSSR count). The topological polar surface area (TPSA) is 0 Å². The first-order valence-corrected chi connectivity index (χ1v) is 8.10. The third kappa shape index (κ3) is 3.28. The highest BCUT2D eigenvalue weighted by molar-refractivity contribution is 14.1. The lowest BCUT2D eigenvalue weighted by atomic mass is 10.0. The monoisotopic (exact) mass is 434 g/mol. The van der Waals surface area contributed by atoms with Crippen molar-refractivity contribution in [2.75, 3.05) is 0 Å². The van der Waals surface area contributed by atoms with Gasteiger partial charge in [-0.15, -0.1) is 11.6 Å². The van der Waals surface area contributed by atoms with Crippen LogP contribution in [0.15, 0.2) is 46.9 Å². The van der Waals surface area contributed by atoms with Gasteiger partial charge in [0.2, 0.25) is 0 Å². The quantitative estimate of drug-likeness (QED) is 0.413. The van der Waals surface area contributed by atoms with Crippen LogP contribution in [0.2, 0.25) is 0 Å². The maximum atomic E-state index is 6.57. The van der Waals surface area contributed by atoms with E-state index in [-0.39, 0.29) is 5.38 Å². The van der Waals surface area contributed by atoms with Gasteiger partial charge in [-0.1, -0.05) is 47.1 Å². The summed E-state index contributed by atoms with van der Waals surface area (Å²) in [6.07, 6.45) is 1.06. The Morgan fingerprint density at radius 3 is 2.44 bits per heavy atom. The van der Waals surface area contributed by atoms with Crippen LogP contribution in [-0.2, 0) is 6.42 Å². The number of hydrogen-bond acceptors (Lipinski definition) is 0. The Morgan fingerprint density at radius 2 is 1.83 bits per heavy atom. The number of rotatable bonds is 3.